The molecule has 0 unspecified atom stereocenters. The largest absolute Gasteiger partial charge is 0.368 e. The van der Waals surface area contributed by atoms with Crippen LogP contribution in [0.3, 0.4) is 0 Å². The summed E-state index contributed by atoms with van der Waals surface area (Å²) < 4.78 is 29.7. The summed E-state index contributed by atoms with van der Waals surface area (Å²) in [5.41, 5.74) is 1.49. The van der Waals surface area contributed by atoms with Gasteiger partial charge in [0.15, 0.2) is 5.65 Å². The highest BCUT2D eigenvalue weighted by Crippen LogP contribution is 2.19. The fraction of sp³-hybridized carbons (Fsp3) is 0.308. The van der Waals surface area contributed by atoms with Gasteiger partial charge in [0.1, 0.15) is 6.34 Å². The van der Waals surface area contributed by atoms with E-state index in [9.17, 15) is 8.42 Å². The summed E-state index contributed by atoms with van der Waals surface area (Å²) in [7, 11) is -0.465. The van der Waals surface area contributed by atoms with Crippen molar-refractivity contribution in [1.82, 2.24) is 19.5 Å². The minimum Gasteiger partial charge on any atom is -0.368 e. The predicted octanol–water partition coefficient (Wildman–Crippen LogP) is 1.35. The van der Waals surface area contributed by atoms with E-state index in [1.807, 2.05) is 13.0 Å². The molecule has 0 amide bonds. The average Bonchev–Trinajstić information content (AvgIpc) is 2.73. The van der Waals surface area contributed by atoms with Crippen molar-refractivity contribution < 1.29 is 8.42 Å². The number of aryl methyl sites for hydroxylation is 1. The minimum atomic E-state index is -3.86. The van der Waals surface area contributed by atoms with Gasteiger partial charge in [0, 0.05) is 14.1 Å². The van der Waals surface area contributed by atoms with Crippen molar-refractivity contribution in [2.24, 2.45) is 4.40 Å². The number of hydrogen-bond acceptors (Lipinski definition) is 4. The van der Waals surface area contributed by atoms with Crippen molar-refractivity contribution in [3.63, 3.8) is 0 Å². The minimum absolute atomic E-state index is 0.0121. The monoisotopic (exact) mass is 307 g/mol. The van der Waals surface area contributed by atoms with E-state index in [0.29, 0.717) is 17.0 Å². The Labute approximate surface area is 123 Å². The number of fused-ring (bicyclic) bond motifs is 1. The Bertz CT molecular complexity index is 818. The van der Waals surface area contributed by atoms with Gasteiger partial charge in [-0.15, -0.1) is 4.40 Å². The first-order valence-corrected chi connectivity index (χ1v) is 7.75. The lowest BCUT2D eigenvalue weighted by Crippen LogP contribution is -2.12. The summed E-state index contributed by atoms with van der Waals surface area (Å²) in [5.74, 6) is 0. The Balaban J connectivity index is 2.67. The number of hydrogen-bond donors (Lipinski definition) is 0. The van der Waals surface area contributed by atoms with Gasteiger partial charge >= 0.3 is 10.0 Å². The quantitative estimate of drug-likeness (QED) is 0.629. The maximum atomic E-state index is 12.4. The van der Waals surface area contributed by atoms with Crippen molar-refractivity contribution in [3.05, 3.63) is 29.6 Å². The highest BCUT2D eigenvalue weighted by molar-refractivity contribution is 7.90. The van der Waals surface area contributed by atoms with Crippen LogP contribution in [0.25, 0.3) is 11.7 Å². The summed E-state index contributed by atoms with van der Waals surface area (Å²) in [6, 6.07) is 3.51. The second-order valence-corrected chi connectivity index (χ2v) is 6.24. The standard InChI is InChI=1S/C13H17N5O2S/c1-5-6-11-7-8-12-15-10(2)13(18(12)16-11)21(19,20)14-9-17(3)4/h5-9H,1-4H3/b6-5+,14-9?. The topological polar surface area (TPSA) is 79.9 Å². The fourth-order valence-electron chi connectivity index (χ4n) is 1.80. The number of imidazole rings is 1. The normalized spacial score (nSPS) is 12.8. The highest BCUT2D eigenvalue weighted by Gasteiger charge is 2.23. The fourth-order valence-corrected chi connectivity index (χ4v) is 2.98. The van der Waals surface area contributed by atoms with Gasteiger partial charge in [-0.3, -0.25) is 0 Å². The number of sulfonamides is 1. The maximum Gasteiger partial charge on any atom is 0.303 e. The zero-order chi connectivity index (χ0) is 15.6. The van der Waals surface area contributed by atoms with Crippen LogP contribution in [0.4, 0.5) is 0 Å². The second-order valence-electron chi connectivity index (χ2n) is 4.69. The van der Waals surface area contributed by atoms with Crippen LogP contribution in [-0.4, -0.2) is 48.3 Å². The molecule has 0 radical (unpaired) electrons. The molecule has 0 aromatic carbocycles. The van der Waals surface area contributed by atoms with Gasteiger partial charge in [-0.2, -0.15) is 18.0 Å². The molecule has 2 rings (SSSR count). The van der Waals surface area contributed by atoms with E-state index in [4.69, 9.17) is 0 Å². The molecule has 0 aliphatic rings. The first-order chi connectivity index (χ1) is 9.85. The van der Waals surface area contributed by atoms with Gasteiger partial charge in [-0.05, 0) is 32.1 Å². The highest BCUT2D eigenvalue weighted by atomic mass is 32.2. The Morgan fingerprint density at radius 2 is 2.05 bits per heavy atom. The summed E-state index contributed by atoms with van der Waals surface area (Å²) in [6.07, 6.45) is 4.86. The summed E-state index contributed by atoms with van der Waals surface area (Å²) in [5, 5.41) is 4.27. The van der Waals surface area contributed by atoms with Gasteiger partial charge in [-0.25, -0.2) is 4.98 Å². The third-order valence-corrected chi connectivity index (χ3v) is 3.95. The summed E-state index contributed by atoms with van der Waals surface area (Å²) >= 11 is 0. The van der Waals surface area contributed by atoms with E-state index in [1.54, 1.807) is 44.1 Å². The average molecular weight is 307 g/mol. The molecule has 2 heterocycles. The lowest BCUT2D eigenvalue weighted by atomic mass is 10.3. The van der Waals surface area contributed by atoms with Crippen molar-refractivity contribution in [1.29, 1.82) is 0 Å². The molecule has 2 aromatic heterocycles. The molecule has 0 bridgehead atoms. The summed E-state index contributed by atoms with van der Waals surface area (Å²) in [6.45, 7) is 3.49. The molecular formula is C13H17N5O2S. The van der Waals surface area contributed by atoms with Crippen molar-refractivity contribution >= 4 is 28.1 Å². The van der Waals surface area contributed by atoms with Gasteiger partial charge in [-0.1, -0.05) is 6.08 Å². The van der Waals surface area contributed by atoms with Crippen LogP contribution in [0.2, 0.25) is 0 Å². The van der Waals surface area contributed by atoms with Gasteiger partial charge in [0.2, 0.25) is 5.03 Å². The Hall–Kier alpha value is -2.22. The lowest BCUT2D eigenvalue weighted by Gasteiger charge is -2.04. The third kappa shape index (κ3) is 3.10. The lowest BCUT2D eigenvalue weighted by molar-refractivity contribution is 0.586. The zero-order valence-corrected chi connectivity index (χ0v) is 13.2. The van der Waals surface area contributed by atoms with Crippen molar-refractivity contribution in [2.75, 3.05) is 14.1 Å². The van der Waals surface area contributed by atoms with Crippen LogP contribution < -0.4 is 0 Å². The number of nitrogens with zero attached hydrogens (tertiary/aromatic N) is 5. The van der Waals surface area contributed by atoms with E-state index < -0.39 is 10.0 Å². The molecule has 0 aliphatic carbocycles. The Morgan fingerprint density at radius 3 is 2.67 bits per heavy atom. The first kappa shape index (κ1) is 15.2. The SMILES string of the molecule is C/C=C/c1ccc2nc(C)c(S(=O)(=O)N=CN(C)C)n2n1. The van der Waals surface area contributed by atoms with E-state index in [1.165, 1.54) is 10.9 Å². The molecular weight excluding hydrogens is 290 g/mol. The third-order valence-electron chi connectivity index (χ3n) is 2.62. The molecule has 0 aliphatic heterocycles. The molecule has 0 N–H and O–H groups in total. The number of rotatable bonds is 4. The van der Waals surface area contributed by atoms with Gasteiger partial charge in [0.25, 0.3) is 0 Å². The van der Waals surface area contributed by atoms with E-state index in [-0.39, 0.29) is 5.03 Å². The van der Waals surface area contributed by atoms with Crippen LogP contribution >= 0.6 is 0 Å². The first-order valence-electron chi connectivity index (χ1n) is 6.31. The van der Waals surface area contributed by atoms with E-state index >= 15 is 0 Å². The molecule has 8 heteroatoms. The smallest absolute Gasteiger partial charge is 0.303 e. The van der Waals surface area contributed by atoms with Crippen LogP contribution in [-0.2, 0) is 10.0 Å². The predicted molar refractivity (Wildman–Crippen MR) is 81.8 cm³/mol. The number of aromatic nitrogens is 3. The zero-order valence-electron chi connectivity index (χ0n) is 12.3. The molecule has 21 heavy (non-hydrogen) atoms. The van der Waals surface area contributed by atoms with Gasteiger partial charge < -0.3 is 4.90 Å². The summed E-state index contributed by atoms with van der Waals surface area (Å²) in [4.78, 5) is 5.77. The molecule has 112 valence electrons. The second kappa shape index (κ2) is 5.65. The van der Waals surface area contributed by atoms with Crippen LogP contribution in [0.5, 0.6) is 0 Å². The molecule has 0 fully saturated rings. The van der Waals surface area contributed by atoms with Crippen LogP contribution in [0.1, 0.15) is 18.3 Å². The van der Waals surface area contributed by atoms with Gasteiger partial charge in [0.05, 0.1) is 11.4 Å². The molecule has 0 saturated heterocycles. The van der Waals surface area contributed by atoms with Crippen LogP contribution in [0, 0.1) is 6.92 Å². The van der Waals surface area contributed by atoms with E-state index in [2.05, 4.69) is 14.5 Å². The number of allylic oxidation sites excluding steroid dienone is 1. The molecule has 0 spiro atoms. The van der Waals surface area contributed by atoms with Crippen LogP contribution in [0.15, 0.2) is 27.6 Å². The maximum absolute atomic E-state index is 12.4. The Kier molecular flexibility index (Phi) is 4.08. The molecule has 7 nitrogen and oxygen atoms in total. The molecule has 0 saturated carbocycles. The molecule has 2 aromatic rings. The Morgan fingerprint density at radius 1 is 1.33 bits per heavy atom. The van der Waals surface area contributed by atoms with E-state index in [0.717, 1.165) is 0 Å². The van der Waals surface area contributed by atoms with Crippen molar-refractivity contribution in [2.45, 2.75) is 18.9 Å². The molecule has 0 atom stereocenters. The van der Waals surface area contributed by atoms with Crippen molar-refractivity contribution in [3.8, 4) is 0 Å².